The number of unbranched alkanes of at least 4 members (excludes halogenated alkanes) is 1. The van der Waals surface area contributed by atoms with Gasteiger partial charge >= 0.3 is 11.9 Å². The number of hydrogen-bond donors (Lipinski definition) is 1. The van der Waals surface area contributed by atoms with E-state index in [9.17, 15) is 9.59 Å². The molecule has 1 aromatic carbocycles. The van der Waals surface area contributed by atoms with Crippen molar-refractivity contribution in [3.63, 3.8) is 0 Å². The summed E-state index contributed by atoms with van der Waals surface area (Å²) in [6.07, 6.45) is 4.07. The lowest BCUT2D eigenvalue weighted by Crippen LogP contribution is -2.39. The predicted octanol–water partition coefficient (Wildman–Crippen LogP) is 5.15. The van der Waals surface area contributed by atoms with Crippen LogP contribution in [-0.2, 0) is 14.4 Å². The van der Waals surface area contributed by atoms with Crippen LogP contribution in [0.15, 0.2) is 35.6 Å². The molecule has 3 rings (SSSR count). The fourth-order valence-corrected chi connectivity index (χ4v) is 3.78. The molecule has 0 atom stereocenters. The molecule has 1 aromatic heterocycles. The first-order chi connectivity index (χ1) is 17.2. The number of amidine groups is 1. The van der Waals surface area contributed by atoms with E-state index in [-0.39, 0.29) is 51.4 Å². The van der Waals surface area contributed by atoms with Gasteiger partial charge in [-0.1, -0.05) is 41.7 Å². The maximum atomic E-state index is 12.3. The van der Waals surface area contributed by atoms with Crippen LogP contribution in [0.4, 0.5) is 0 Å². The second-order valence-corrected chi connectivity index (χ2v) is 9.42. The predicted molar refractivity (Wildman–Crippen MR) is 136 cm³/mol. The second-order valence-electron chi connectivity index (χ2n) is 8.60. The van der Waals surface area contributed by atoms with Gasteiger partial charge in [-0.15, -0.1) is 0 Å². The Morgan fingerprint density at radius 3 is 2.58 bits per heavy atom. The second kappa shape index (κ2) is 12.8. The Kier molecular flexibility index (Phi) is 9.78. The van der Waals surface area contributed by atoms with Crippen molar-refractivity contribution in [2.45, 2.75) is 58.7 Å². The van der Waals surface area contributed by atoms with E-state index in [0.717, 1.165) is 12.8 Å². The van der Waals surface area contributed by atoms with Crippen LogP contribution in [0.2, 0.25) is 10.0 Å². The van der Waals surface area contributed by atoms with Gasteiger partial charge in [-0.2, -0.15) is 0 Å². The summed E-state index contributed by atoms with van der Waals surface area (Å²) in [5.41, 5.74) is 6.40. The fourth-order valence-electron chi connectivity index (χ4n) is 3.30. The zero-order valence-corrected chi connectivity index (χ0v) is 21.8. The summed E-state index contributed by atoms with van der Waals surface area (Å²) in [6, 6.07) is 6.24. The topological polar surface area (TPSA) is 122 Å². The van der Waals surface area contributed by atoms with E-state index in [0.29, 0.717) is 30.8 Å². The highest BCUT2D eigenvalue weighted by Crippen LogP contribution is 2.33. The Bertz CT molecular complexity index is 1120. The number of ether oxygens (including phenoxy) is 3. The molecule has 2 aromatic rings. The highest BCUT2D eigenvalue weighted by atomic mass is 35.5. The number of oxime groups is 1. The van der Waals surface area contributed by atoms with Crippen molar-refractivity contribution < 1.29 is 28.6 Å². The van der Waals surface area contributed by atoms with Gasteiger partial charge in [0.15, 0.2) is 5.84 Å². The van der Waals surface area contributed by atoms with Gasteiger partial charge in [-0.25, -0.2) is 9.78 Å². The van der Waals surface area contributed by atoms with E-state index in [1.165, 1.54) is 12.3 Å². The maximum absolute atomic E-state index is 12.3. The van der Waals surface area contributed by atoms with Crippen LogP contribution >= 0.6 is 23.2 Å². The molecule has 1 aliphatic carbocycles. The van der Waals surface area contributed by atoms with Gasteiger partial charge in [-0.3, -0.25) is 4.79 Å². The normalized spacial score (nSPS) is 17.3. The molecule has 0 bridgehead atoms. The summed E-state index contributed by atoms with van der Waals surface area (Å²) in [7, 11) is 0. The number of benzene rings is 1. The van der Waals surface area contributed by atoms with Crippen LogP contribution < -0.4 is 15.2 Å². The molecule has 1 aliphatic rings. The molecule has 1 saturated carbocycles. The van der Waals surface area contributed by atoms with Crippen LogP contribution in [-0.4, -0.2) is 41.6 Å². The first-order valence-corrected chi connectivity index (χ1v) is 12.4. The number of hydrogen-bond acceptors (Lipinski definition) is 8. The van der Waals surface area contributed by atoms with Crippen LogP contribution in [0, 0.1) is 5.92 Å². The van der Waals surface area contributed by atoms with Crippen LogP contribution in [0.1, 0.15) is 62.4 Å². The average Bonchev–Trinajstić information content (AvgIpc) is 2.80. The van der Waals surface area contributed by atoms with Crippen molar-refractivity contribution in [3.8, 4) is 11.6 Å². The molecule has 9 nitrogen and oxygen atoms in total. The number of nitrogens with two attached hydrogens (primary N) is 1. The molecule has 0 aliphatic heterocycles. The molecular formula is C25H29Cl2N3O6. The van der Waals surface area contributed by atoms with Gasteiger partial charge in [-0.05, 0) is 57.4 Å². The highest BCUT2D eigenvalue weighted by molar-refractivity contribution is 6.34. The molecule has 1 heterocycles. The Hall–Kier alpha value is -3.04. The quantitative estimate of drug-likeness (QED) is 0.104. The summed E-state index contributed by atoms with van der Waals surface area (Å²) >= 11 is 12.4. The van der Waals surface area contributed by atoms with E-state index < -0.39 is 5.97 Å². The number of carbonyl (C=O) groups excluding carboxylic acids is 2. The van der Waals surface area contributed by atoms with Gasteiger partial charge in [0.1, 0.15) is 16.9 Å². The number of rotatable bonds is 11. The minimum atomic E-state index is -0.799. The van der Waals surface area contributed by atoms with Crippen molar-refractivity contribution in [1.29, 1.82) is 0 Å². The SMILES string of the molecule is CCCCOC(=O)C1CC(Oc2ccc(/C(N)=N/OC(=O)c3cnc(OC(C)C)c(Cl)c3)c(Cl)c2)C1. The summed E-state index contributed by atoms with van der Waals surface area (Å²) in [5.74, 6) is -0.467. The summed E-state index contributed by atoms with van der Waals surface area (Å²) in [6.45, 7) is 6.16. The molecule has 1 fully saturated rings. The van der Waals surface area contributed by atoms with Crippen molar-refractivity contribution in [2.75, 3.05) is 6.61 Å². The van der Waals surface area contributed by atoms with Crippen LogP contribution in [0.3, 0.4) is 0 Å². The van der Waals surface area contributed by atoms with Gasteiger partial charge in [0.2, 0.25) is 5.88 Å². The Morgan fingerprint density at radius 1 is 1.19 bits per heavy atom. The van der Waals surface area contributed by atoms with Crippen LogP contribution in [0.25, 0.3) is 0 Å². The molecule has 11 heteroatoms. The largest absolute Gasteiger partial charge is 0.490 e. The summed E-state index contributed by atoms with van der Waals surface area (Å²) in [5, 5.41) is 4.11. The number of halogens is 2. The number of aromatic nitrogens is 1. The third kappa shape index (κ3) is 7.48. The monoisotopic (exact) mass is 537 g/mol. The molecule has 0 spiro atoms. The standard InChI is InChI=1S/C25H29Cl2N3O6/c1-4-5-8-33-24(31)15-9-18(10-15)35-17-6-7-19(20(26)12-17)22(28)30-36-25(32)16-11-21(27)23(29-13-16)34-14(2)3/h6-7,11-15,18H,4-5,8-10H2,1-3H3,(H2,28,30). The molecule has 0 amide bonds. The zero-order valence-electron chi connectivity index (χ0n) is 20.3. The third-order valence-electron chi connectivity index (χ3n) is 5.31. The molecule has 0 saturated heterocycles. The van der Waals surface area contributed by atoms with Gasteiger partial charge in [0, 0.05) is 11.8 Å². The number of nitrogens with zero attached hydrogens (tertiary/aromatic N) is 2. The fraction of sp³-hybridized carbons (Fsp3) is 0.440. The van der Waals surface area contributed by atoms with Crippen molar-refractivity contribution in [3.05, 3.63) is 51.6 Å². The minimum absolute atomic E-state index is 0.0792. The minimum Gasteiger partial charge on any atom is -0.490 e. The van der Waals surface area contributed by atoms with E-state index in [2.05, 4.69) is 10.1 Å². The third-order valence-corrected chi connectivity index (χ3v) is 5.89. The lowest BCUT2D eigenvalue weighted by molar-refractivity contribution is -0.155. The zero-order chi connectivity index (χ0) is 26.2. The molecular weight excluding hydrogens is 509 g/mol. The van der Waals surface area contributed by atoms with Crippen molar-refractivity contribution in [2.24, 2.45) is 16.8 Å². The first-order valence-electron chi connectivity index (χ1n) is 11.7. The molecule has 36 heavy (non-hydrogen) atoms. The van der Waals surface area contributed by atoms with Crippen molar-refractivity contribution >= 4 is 41.0 Å². The van der Waals surface area contributed by atoms with E-state index >= 15 is 0 Å². The molecule has 0 unspecified atom stereocenters. The Morgan fingerprint density at radius 2 is 1.94 bits per heavy atom. The van der Waals surface area contributed by atoms with Gasteiger partial charge in [0.25, 0.3) is 0 Å². The molecule has 0 radical (unpaired) electrons. The number of carbonyl (C=O) groups is 2. The first kappa shape index (κ1) is 27.5. The summed E-state index contributed by atoms with van der Waals surface area (Å²) in [4.78, 5) is 33.2. The smallest absolute Gasteiger partial charge is 0.367 e. The van der Waals surface area contributed by atoms with Gasteiger partial charge in [0.05, 0.1) is 29.2 Å². The number of pyridine rings is 1. The Balaban J connectivity index is 1.53. The maximum Gasteiger partial charge on any atom is 0.367 e. The number of esters is 1. The van der Waals surface area contributed by atoms with E-state index in [1.807, 2.05) is 20.8 Å². The van der Waals surface area contributed by atoms with E-state index in [1.54, 1.807) is 18.2 Å². The summed E-state index contributed by atoms with van der Waals surface area (Å²) < 4.78 is 16.6. The average molecular weight is 538 g/mol. The van der Waals surface area contributed by atoms with Crippen LogP contribution in [0.5, 0.6) is 11.6 Å². The Labute approximate surface area is 219 Å². The van der Waals surface area contributed by atoms with E-state index in [4.69, 9.17) is 48.0 Å². The molecule has 194 valence electrons. The lowest BCUT2D eigenvalue weighted by atomic mass is 9.82. The highest BCUT2D eigenvalue weighted by Gasteiger charge is 2.37. The molecule has 2 N–H and O–H groups in total. The van der Waals surface area contributed by atoms with Crippen molar-refractivity contribution in [1.82, 2.24) is 4.98 Å². The lowest BCUT2D eigenvalue weighted by Gasteiger charge is -2.33. The van der Waals surface area contributed by atoms with Gasteiger partial charge < -0.3 is 24.8 Å².